The van der Waals surface area contributed by atoms with Crippen molar-refractivity contribution in [3.63, 3.8) is 0 Å². The molecule has 1 aromatic heterocycles. The van der Waals surface area contributed by atoms with E-state index in [-0.39, 0.29) is 11.0 Å². The van der Waals surface area contributed by atoms with Gasteiger partial charge in [0.05, 0.1) is 6.61 Å². The summed E-state index contributed by atoms with van der Waals surface area (Å²) in [4.78, 5) is 14.7. The lowest BCUT2D eigenvalue weighted by atomic mass is 10.1. The van der Waals surface area contributed by atoms with Gasteiger partial charge in [0.15, 0.2) is 5.49 Å². The van der Waals surface area contributed by atoms with Gasteiger partial charge in [0.1, 0.15) is 6.04 Å². The van der Waals surface area contributed by atoms with Crippen molar-refractivity contribution >= 4 is 5.97 Å². The zero-order valence-corrected chi connectivity index (χ0v) is 12.8. The van der Waals surface area contributed by atoms with Gasteiger partial charge in [-0.1, -0.05) is 0 Å². The highest BCUT2D eigenvalue weighted by Gasteiger charge is 2.17. The summed E-state index contributed by atoms with van der Waals surface area (Å²) < 4.78 is 7.50. The lowest BCUT2D eigenvalue weighted by Crippen LogP contribution is -2.30. The Morgan fingerprint density at radius 3 is 2.76 bits per heavy atom. The first-order chi connectivity index (χ1) is 9.71. The third-order valence-corrected chi connectivity index (χ3v) is 2.98. The summed E-state index contributed by atoms with van der Waals surface area (Å²) >= 11 is 0. The summed E-state index contributed by atoms with van der Waals surface area (Å²) in [6.07, 6.45) is 3.56. The average Bonchev–Trinajstić information content (AvgIpc) is 2.36. The molecule has 0 saturated heterocycles. The second-order valence-electron chi connectivity index (χ2n) is 5.93. The third-order valence-electron chi connectivity index (χ3n) is 2.98. The number of carbonyl (C=O) groups is 1. The molecule has 0 fully saturated rings. The SMILES string of the molecule is CC(C)(C)n1ccc(=N)nc1OCCCCC(N)C(=O)O. The second kappa shape index (κ2) is 7.21. The lowest BCUT2D eigenvalue weighted by Gasteiger charge is -2.25. The molecular formula is C14H24N4O3. The van der Waals surface area contributed by atoms with E-state index in [2.05, 4.69) is 4.98 Å². The number of nitrogens with zero attached hydrogens (tertiary/aromatic N) is 2. The zero-order valence-electron chi connectivity index (χ0n) is 12.8. The maximum Gasteiger partial charge on any atom is 0.320 e. The minimum Gasteiger partial charge on any atom is -0.480 e. The Labute approximate surface area is 124 Å². The Balaban J connectivity index is 2.54. The highest BCUT2D eigenvalue weighted by molar-refractivity contribution is 5.72. The number of ether oxygens (including phenoxy) is 1. The number of hydrogen-bond donors (Lipinski definition) is 3. The summed E-state index contributed by atoms with van der Waals surface area (Å²) in [7, 11) is 0. The lowest BCUT2D eigenvalue weighted by molar-refractivity contribution is -0.138. The number of hydrogen-bond acceptors (Lipinski definition) is 5. The topological polar surface area (TPSA) is 114 Å². The fraction of sp³-hybridized carbons (Fsp3) is 0.643. The number of carboxylic acid groups (broad SMARTS) is 1. The number of aliphatic carboxylic acids is 1. The van der Waals surface area contributed by atoms with Gasteiger partial charge in [-0.2, -0.15) is 4.98 Å². The summed E-state index contributed by atoms with van der Waals surface area (Å²) in [5.74, 6) is -0.981. The monoisotopic (exact) mass is 296 g/mol. The van der Waals surface area contributed by atoms with E-state index >= 15 is 0 Å². The third kappa shape index (κ3) is 5.55. The molecule has 7 nitrogen and oxygen atoms in total. The van der Waals surface area contributed by atoms with Crippen molar-refractivity contribution in [2.24, 2.45) is 5.73 Å². The molecule has 118 valence electrons. The van der Waals surface area contributed by atoms with Crippen molar-refractivity contribution in [1.82, 2.24) is 9.55 Å². The normalized spacial score (nSPS) is 13.0. The van der Waals surface area contributed by atoms with Gasteiger partial charge >= 0.3 is 5.97 Å². The molecule has 4 N–H and O–H groups in total. The number of carboxylic acids is 1. The summed E-state index contributed by atoms with van der Waals surface area (Å²) in [5.41, 5.74) is 5.39. The molecule has 0 bridgehead atoms. The van der Waals surface area contributed by atoms with Gasteiger partial charge in [-0.3, -0.25) is 14.8 Å². The average molecular weight is 296 g/mol. The Morgan fingerprint density at radius 2 is 2.19 bits per heavy atom. The molecule has 0 radical (unpaired) electrons. The fourth-order valence-corrected chi connectivity index (χ4v) is 1.77. The van der Waals surface area contributed by atoms with Crippen LogP contribution in [0, 0.1) is 5.41 Å². The summed E-state index contributed by atoms with van der Waals surface area (Å²) in [6.45, 7) is 6.49. The van der Waals surface area contributed by atoms with E-state index in [4.69, 9.17) is 21.0 Å². The molecule has 0 amide bonds. The second-order valence-corrected chi connectivity index (χ2v) is 5.93. The van der Waals surface area contributed by atoms with Crippen LogP contribution in [0.15, 0.2) is 12.3 Å². The molecule has 21 heavy (non-hydrogen) atoms. The van der Waals surface area contributed by atoms with Gasteiger partial charge in [0.2, 0.25) is 0 Å². The van der Waals surface area contributed by atoms with Crippen LogP contribution >= 0.6 is 0 Å². The first-order valence-corrected chi connectivity index (χ1v) is 6.98. The molecule has 1 aromatic rings. The van der Waals surface area contributed by atoms with Crippen LogP contribution in [-0.4, -0.2) is 33.3 Å². The van der Waals surface area contributed by atoms with Crippen molar-refractivity contribution < 1.29 is 14.6 Å². The molecule has 1 unspecified atom stereocenters. The maximum atomic E-state index is 10.6. The number of unbranched alkanes of at least 4 members (excludes halogenated alkanes) is 1. The Kier molecular flexibility index (Phi) is 5.90. The van der Waals surface area contributed by atoms with Gasteiger partial charge in [0.25, 0.3) is 6.01 Å². The number of nitrogens with one attached hydrogen (secondary N) is 1. The van der Waals surface area contributed by atoms with Gasteiger partial charge < -0.3 is 15.6 Å². The van der Waals surface area contributed by atoms with E-state index in [1.165, 1.54) is 0 Å². The predicted octanol–water partition coefficient (Wildman–Crippen LogP) is 1.08. The van der Waals surface area contributed by atoms with E-state index < -0.39 is 12.0 Å². The van der Waals surface area contributed by atoms with Crippen LogP contribution in [0.5, 0.6) is 6.01 Å². The van der Waals surface area contributed by atoms with Crippen LogP contribution in [0.4, 0.5) is 0 Å². The van der Waals surface area contributed by atoms with Crippen LogP contribution in [0.2, 0.25) is 0 Å². The largest absolute Gasteiger partial charge is 0.480 e. The minimum absolute atomic E-state index is 0.151. The van der Waals surface area contributed by atoms with E-state index in [1.54, 1.807) is 12.3 Å². The molecule has 0 spiro atoms. The van der Waals surface area contributed by atoms with E-state index in [0.717, 1.165) is 0 Å². The molecule has 0 aliphatic rings. The van der Waals surface area contributed by atoms with Crippen LogP contribution in [0.25, 0.3) is 0 Å². The van der Waals surface area contributed by atoms with Gasteiger partial charge in [-0.15, -0.1) is 0 Å². The molecule has 1 heterocycles. The smallest absolute Gasteiger partial charge is 0.320 e. The summed E-state index contributed by atoms with van der Waals surface area (Å²) in [6, 6.07) is 1.20. The van der Waals surface area contributed by atoms with Gasteiger partial charge in [-0.25, -0.2) is 0 Å². The molecule has 7 heteroatoms. The first-order valence-electron chi connectivity index (χ1n) is 6.98. The first kappa shape index (κ1) is 17.2. The van der Waals surface area contributed by atoms with Crippen LogP contribution < -0.4 is 16.0 Å². The predicted molar refractivity (Wildman–Crippen MR) is 78.0 cm³/mol. The minimum atomic E-state index is -0.981. The van der Waals surface area contributed by atoms with Crippen molar-refractivity contribution in [2.45, 2.75) is 51.6 Å². The molecule has 0 aliphatic carbocycles. The van der Waals surface area contributed by atoms with Crippen molar-refractivity contribution in [1.29, 1.82) is 5.41 Å². The maximum absolute atomic E-state index is 10.6. The Bertz CT molecular complexity index is 534. The molecule has 1 rings (SSSR count). The molecule has 0 aliphatic heterocycles. The van der Waals surface area contributed by atoms with Crippen molar-refractivity contribution in [3.05, 3.63) is 17.8 Å². The number of rotatable bonds is 7. The Morgan fingerprint density at radius 1 is 1.52 bits per heavy atom. The summed E-state index contributed by atoms with van der Waals surface area (Å²) in [5, 5.41) is 16.3. The standard InChI is InChI=1S/C14H24N4O3/c1-14(2,3)18-8-7-11(16)17-13(18)21-9-5-4-6-10(15)12(19)20/h7-8,10,16H,4-6,9,15H2,1-3H3,(H,19,20). The van der Waals surface area contributed by atoms with Crippen molar-refractivity contribution in [2.75, 3.05) is 6.61 Å². The molecular weight excluding hydrogens is 272 g/mol. The van der Waals surface area contributed by atoms with Crippen LogP contribution in [0.3, 0.4) is 0 Å². The van der Waals surface area contributed by atoms with E-state index in [9.17, 15) is 4.79 Å². The Hall–Kier alpha value is -1.89. The molecule has 1 atom stereocenters. The van der Waals surface area contributed by atoms with E-state index in [0.29, 0.717) is 31.9 Å². The van der Waals surface area contributed by atoms with Gasteiger partial charge in [0, 0.05) is 11.7 Å². The quantitative estimate of drug-likeness (QED) is 0.651. The van der Waals surface area contributed by atoms with Crippen LogP contribution in [-0.2, 0) is 10.3 Å². The van der Waals surface area contributed by atoms with E-state index in [1.807, 2.05) is 25.3 Å². The molecule has 0 saturated carbocycles. The molecule has 0 aromatic carbocycles. The highest BCUT2D eigenvalue weighted by atomic mass is 16.5. The van der Waals surface area contributed by atoms with Gasteiger partial charge in [-0.05, 0) is 46.1 Å². The zero-order chi connectivity index (χ0) is 16.0. The fourth-order valence-electron chi connectivity index (χ4n) is 1.77. The van der Waals surface area contributed by atoms with Crippen molar-refractivity contribution in [3.8, 4) is 6.01 Å². The number of aromatic nitrogens is 2. The highest BCUT2D eigenvalue weighted by Crippen LogP contribution is 2.19. The van der Waals surface area contributed by atoms with Crippen LogP contribution in [0.1, 0.15) is 40.0 Å². The number of nitrogens with two attached hydrogens (primary N) is 1.